The molecule has 0 saturated carbocycles. The minimum absolute atomic E-state index is 0.0374. The van der Waals surface area contributed by atoms with Gasteiger partial charge in [-0.25, -0.2) is 0 Å². The van der Waals surface area contributed by atoms with Crippen molar-refractivity contribution in [1.82, 2.24) is 5.32 Å². The number of carbonyl (C=O) groups is 2. The molecule has 0 fully saturated rings. The summed E-state index contributed by atoms with van der Waals surface area (Å²) in [4.78, 5) is 26.2. The Bertz CT molecular complexity index is 848. The lowest BCUT2D eigenvalue weighted by molar-refractivity contribution is 0.0950. The van der Waals surface area contributed by atoms with Gasteiger partial charge in [0.1, 0.15) is 0 Å². The van der Waals surface area contributed by atoms with Gasteiger partial charge in [-0.1, -0.05) is 25.5 Å². The van der Waals surface area contributed by atoms with E-state index in [0.717, 1.165) is 23.3 Å². The monoisotopic (exact) mass is 369 g/mol. The van der Waals surface area contributed by atoms with Gasteiger partial charge in [-0.05, 0) is 47.7 Å². The van der Waals surface area contributed by atoms with Crippen molar-refractivity contribution >= 4 is 34.4 Å². The molecule has 0 bridgehead atoms. The third-order valence-electron chi connectivity index (χ3n) is 3.85. The molecule has 0 aliphatic heterocycles. The Morgan fingerprint density at radius 3 is 2.48 bits per heavy atom. The quantitative estimate of drug-likeness (QED) is 0.601. The summed E-state index contributed by atoms with van der Waals surface area (Å²) in [6, 6.07) is 13.3. The summed E-state index contributed by atoms with van der Waals surface area (Å²) in [5.41, 5.74) is 2.62. The van der Waals surface area contributed by atoms with Crippen molar-refractivity contribution in [2.45, 2.75) is 26.3 Å². The highest BCUT2D eigenvalue weighted by molar-refractivity contribution is 7.14. The van der Waals surface area contributed by atoms with Crippen LogP contribution in [0.2, 0.25) is 0 Å². The first-order valence-corrected chi connectivity index (χ1v) is 9.96. The summed E-state index contributed by atoms with van der Waals surface area (Å²) in [5, 5.41) is 6.67. The van der Waals surface area contributed by atoms with E-state index in [0.29, 0.717) is 17.0 Å². The van der Waals surface area contributed by atoms with Gasteiger partial charge in [0.2, 0.25) is 5.78 Å². The molecule has 2 aromatic heterocycles. The lowest BCUT2D eigenvalue weighted by atomic mass is 10.1. The number of aryl methyl sites for hydroxylation is 1. The number of amides is 1. The van der Waals surface area contributed by atoms with Crippen LogP contribution in [0.5, 0.6) is 0 Å². The fourth-order valence-electron chi connectivity index (χ4n) is 2.51. The lowest BCUT2D eigenvalue weighted by Crippen LogP contribution is -2.22. The standard InChI is InChI=1S/C20H19NO2S2/c1-2-3-14-4-6-15(7-5-14)20(23)21-12-17-8-9-18(25-17)19(22)16-10-11-24-13-16/h4-11,13H,2-3,12H2,1H3,(H,21,23). The van der Waals surface area contributed by atoms with Crippen LogP contribution in [0, 0.1) is 0 Å². The molecule has 3 rings (SSSR count). The molecule has 5 heteroatoms. The minimum atomic E-state index is -0.0952. The van der Waals surface area contributed by atoms with E-state index in [1.165, 1.54) is 28.2 Å². The van der Waals surface area contributed by atoms with Gasteiger partial charge in [0.25, 0.3) is 5.91 Å². The van der Waals surface area contributed by atoms with E-state index >= 15 is 0 Å². The van der Waals surface area contributed by atoms with Gasteiger partial charge < -0.3 is 5.32 Å². The fourth-order valence-corrected chi connectivity index (χ4v) is 4.06. The lowest BCUT2D eigenvalue weighted by Gasteiger charge is -2.05. The van der Waals surface area contributed by atoms with Crippen LogP contribution in [0.25, 0.3) is 0 Å². The van der Waals surface area contributed by atoms with Crippen LogP contribution in [0.4, 0.5) is 0 Å². The maximum Gasteiger partial charge on any atom is 0.251 e. The van der Waals surface area contributed by atoms with Crippen molar-refractivity contribution in [3.8, 4) is 0 Å². The second-order valence-corrected chi connectivity index (χ2v) is 7.69. The SMILES string of the molecule is CCCc1ccc(C(=O)NCc2ccc(C(=O)c3ccsc3)s2)cc1. The summed E-state index contributed by atoms with van der Waals surface area (Å²) in [5.74, 6) is -0.0579. The van der Waals surface area contributed by atoms with Gasteiger partial charge in [0.15, 0.2) is 0 Å². The topological polar surface area (TPSA) is 46.2 Å². The molecule has 1 aromatic carbocycles. The predicted molar refractivity (Wildman–Crippen MR) is 104 cm³/mol. The number of ketones is 1. The first-order chi connectivity index (χ1) is 12.2. The predicted octanol–water partition coefficient (Wildman–Crippen LogP) is 4.92. The van der Waals surface area contributed by atoms with E-state index in [4.69, 9.17) is 0 Å². The molecule has 1 amide bonds. The van der Waals surface area contributed by atoms with Crippen molar-refractivity contribution < 1.29 is 9.59 Å². The van der Waals surface area contributed by atoms with Crippen LogP contribution in [0.1, 0.15) is 49.4 Å². The second-order valence-electron chi connectivity index (χ2n) is 5.74. The Kier molecular flexibility index (Phi) is 5.79. The van der Waals surface area contributed by atoms with E-state index in [2.05, 4.69) is 12.2 Å². The zero-order chi connectivity index (χ0) is 17.6. The zero-order valence-electron chi connectivity index (χ0n) is 14.0. The first kappa shape index (κ1) is 17.6. The maximum absolute atomic E-state index is 12.3. The molecule has 0 atom stereocenters. The van der Waals surface area contributed by atoms with E-state index in [1.807, 2.05) is 53.2 Å². The largest absolute Gasteiger partial charge is 0.347 e. The molecule has 0 saturated heterocycles. The molecule has 0 aliphatic rings. The maximum atomic E-state index is 12.3. The number of hydrogen-bond acceptors (Lipinski definition) is 4. The van der Waals surface area contributed by atoms with Crippen molar-refractivity contribution in [2.75, 3.05) is 0 Å². The average Bonchev–Trinajstić information content (AvgIpc) is 3.32. The Morgan fingerprint density at radius 2 is 1.80 bits per heavy atom. The Labute approximate surface area is 155 Å². The number of carbonyl (C=O) groups excluding carboxylic acids is 2. The van der Waals surface area contributed by atoms with E-state index in [1.54, 1.807) is 0 Å². The van der Waals surface area contributed by atoms with Gasteiger partial charge in [-0.3, -0.25) is 9.59 Å². The molecule has 3 aromatic rings. The van der Waals surface area contributed by atoms with Crippen LogP contribution in [-0.4, -0.2) is 11.7 Å². The number of hydrogen-bond donors (Lipinski definition) is 1. The number of nitrogens with one attached hydrogen (secondary N) is 1. The second kappa shape index (κ2) is 8.23. The average molecular weight is 370 g/mol. The summed E-state index contributed by atoms with van der Waals surface area (Å²) >= 11 is 2.94. The molecule has 3 nitrogen and oxygen atoms in total. The van der Waals surface area contributed by atoms with Crippen molar-refractivity contribution in [3.05, 3.63) is 79.7 Å². The summed E-state index contributed by atoms with van der Waals surface area (Å²) in [6.07, 6.45) is 2.12. The van der Waals surface area contributed by atoms with Crippen LogP contribution in [0.15, 0.2) is 53.2 Å². The molecular weight excluding hydrogens is 350 g/mol. The van der Waals surface area contributed by atoms with Gasteiger partial charge in [0, 0.05) is 21.4 Å². The zero-order valence-corrected chi connectivity index (χ0v) is 15.6. The molecular formula is C20H19NO2S2. The summed E-state index contributed by atoms with van der Waals surface area (Å²) in [7, 11) is 0. The van der Waals surface area contributed by atoms with Gasteiger partial charge in [0.05, 0.1) is 11.4 Å². The number of benzene rings is 1. The molecule has 1 N–H and O–H groups in total. The fraction of sp³-hybridized carbons (Fsp3) is 0.200. The van der Waals surface area contributed by atoms with Crippen LogP contribution in [0.3, 0.4) is 0 Å². The molecule has 128 valence electrons. The third-order valence-corrected chi connectivity index (χ3v) is 5.61. The van der Waals surface area contributed by atoms with Crippen LogP contribution in [-0.2, 0) is 13.0 Å². The molecule has 0 unspecified atom stereocenters. The van der Waals surface area contributed by atoms with E-state index in [9.17, 15) is 9.59 Å². The first-order valence-electron chi connectivity index (χ1n) is 8.20. The molecule has 0 aliphatic carbocycles. The molecule has 2 heterocycles. The highest BCUT2D eigenvalue weighted by Gasteiger charge is 2.13. The van der Waals surface area contributed by atoms with Crippen molar-refractivity contribution in [1.29, 1.82) is 0 Å². The van der Waals surface area contributed by atoms with E-state index < -0.39 is 0 Å². The van der Waals surface area contributed by atoms with Gasteiger partial charge >= 0.3 is 0 Å². The molecule has 0 spiro atoms. The Morgan fingerprint density at radius 1 is 1.00 bits per heavy atom. The van der Waals surface area contributed by atoms with Crippen molar-refractivity contribution in [3.63, 3.8) is 0 Å². The minimum Gasteiger partial charge on any atom is -0.347 e. The molecule has 25 heavy (non-hydrogen) atoms. The highest BCUT2D eigenvalue weighted by atomic mass is 32.1. The summed E-state index contributed by atoms with van der Waals surface area (Å²) in [6.45, 7) is 2.57. The van der Waals surface area contributed by atoms with Crippen LogP contribution >= 0.6 is 22.7 Å². The van der Waals surface area contributed by atoms with Crippen molar-refractivity contribution in [2.24, 2.45) is 0 Å². The Balaban J connectivity index is 1.58. The third kappa shape index (κ3) is 4.44. The highest BCUT2D eigenvalue weighted by Crippen LogP contribution is 2.21. The smallest absolute Gasteiger partial charge is 0.251 e. The molecule has 0 radical (unpaired) electrons. The van der Waals surface area contributed by atoms with Crippen LogP contribution < -0.4 is 5.32 Å². The van der Waals surface area contributed by atoms with Gasteiger partial charge in [-0.15, -0.1) is 11.3 Å². The Hall–Kier alpha value is -2.24. The summed E-state index contributed by atoms with van der Waals surface area (Å²) < 4.78 is 0. The van der Waals surface area contributed by atoms with E-state index in [-0.39, 0.29) is 11.7 Å². The van der Waals surface area contributed by atoms with Gasteiger partial charge in [-0.2, -0.15) is 11.3 Å². The number of thiophene rings is 2. The normalized spacial score (nSPS) is 10.6. The number of rotatable bonds is 7.